The predicted octanol–water partition coefficient (Wildman–Crippen LogP) is 2.58. The zero-order valence-electron chi connectivity index (χ0n) is 9.85. The summed E-state index contributed by atoms with van der Waals surface area (Å²) in [6, 6.07) is 7.52. The molecule has 1 aromatic carbocycles. The van der Waals surface area contributed by atoms with Crippen molar-refractivity contribution in [2.45, 2.75) is 0 Å². The number of hydrogen-bond acceptors (Lipinski definition) is 4. The SMILES string of the molecule is O=C(Nc1ccc(-n2ccnc2)cc1)c1cscn1. The minimum Gasteiger partial charge on any atom is -0.321 e. The lowest BCUT2D eigenvalue weighted by Crippen LogP contribution is -2.12. The van der Waals surface area contributed by atoms with E-state index in [0.717, 1.165) is 11.4 Å². The number of rotatable bonds is 3. The van der Waals surface area contributed by atoms with Gasteiger partial charge in [-0.25, -0.2) is 9.97 Å². The molecule has 0 aliphatic carbocycles. The lowest BCUT2D eigenvalue weighted by molar-refractivity contribution is 0.102. The second-order valence-corrected chi connectivity index (χ2v) is 4.56. The van der Waals surface area contributed by atoms with E-state index in [0.29, 0.717) is 5.69 Å². The molecule has 0 saturated heterocycles. The number of aromatic nitrogens is 3. The fourth-order valence-electron chi connectivity index (χ4n) is 1.65. The molecule has 0 aliphatic rings. The van der Waals surface area contributed by atoms with Gasteiger partial charge in [0.15, 0.2) is 0 Å². The summed E-state index contributed by atoms with van der Waals surface area (Å²) >= 11 is 1.40. The number of amides is 1. The summed E-state index contributed by atoms with van der Waals surface area (Å²) in [5.41, 5.74) is 3.80. The van der Waals surface area contributed by atoms with E-state index in [9.17, 15) is 4.79 Å². The normalized spacial score (nSPS) is 10.3. The third kappa shape index (κ3) is 2.53. The van der Waals surface area contributed by atoms with Crippen LogP contribution in [0.5, 0.6) is 0 Å². The van der Waals surface area contributed by atoms with E-state index in [1.165, 1.54) is 11.3 Å². The van der Waals surface area contributed by atoms with Gasteiger partial charge in [-0.15, -0.1) is 11.3 Å². The lowest BCUT2D eigenvalue weighted by atomic mass is 10.2. The fourth-order valence-corrected chi connectivity index (χ4v) is 2.18. The average molecular weight is 270 g/mol. The molecule has 2 aromatic heterocycles. The van der Waals surface area contributed by atoms with Crippen molar-refractivity contribution in [2.24, 2.45) is 0 Å². The summed E-state index contributed by atoms with van der Waals surface area (Å²) in [6.07, 6.45) is 5.31. The number of carbonyl (C=O) groups is 1. The van der Waals surface area contributed by atoms with Crippen LogP contribution >= 0.6 is 11.3 Å². The first-order valence-electron chi connectivity index (χ1n) is 5.61. The van der Waals surface area contributed by atoms with E-state index in [4.69, 9.17) is 0 Å². The highest BCUT2D eigenvalue weighted by molar-refractivity contribution is 7.07. The zero-order valence-corrected chi connectivity index (χ0v) is 10.7. The number of anilines is 1. The maximum absolute atomic E-state index is 11.8. The number of benzene rings is 1. The summed E-state index contributed by atoms with van der Waals surface area (Å²) in [5.74, 6) is -0.198. The van der Waals surface area contributed by atoms with Crippen molar-refractivity contribution in [3.05, 3.63) is 59.6 Å². The van der Waals surface area contributed by atoms with Crippen LogP contribution in [-0.2, 0) is 0 Å². The Morgan fingerprint density at radius 1 is 1.26 bits per heavy atom. The van der Waals surface area contributed by atoms with Gasteiger partial charge in [0.25, 0.3) is 5.91 Å². The van der Waals surface area contributed by atoms with Gasteiger partial charge in [0.05, 0.1) is 11.8 Å². The minimum absolute atomic E-state index is 0.198. The van der Waals surface area contributed by atoms with Crippen molar-refractivity contribution in [2.75, 3.05) is 5.32 Å². The van der Waals surface area contributed by atoms with Gasteiger partial charge < -0.3 is 9.88 Å². The number of nitrogens with zero attached hydrogens (tertiary/aromatic N) is 3. The third-order valence-electron chi connectivity index (χ3n) is 2.59. The third-order valence-corrected chi connectivity index (χ3v) is 3.18. The van der Waals surface area contributed by atoms with Crippen LogP contribution in [0, 0.1) is 0 Å². The molecule has 1 N–H and O–H groups in total. The molecule has 0 saturated carbocycles. The van der Waals surface area contributed by atoms with Crippen LogP contribution in [0.15, 0.2) is 53.9 Å². The van der Waals surface area contributed by atoms with Gasteiger partial charge in [-0.05, 0) is 24.3 Å². The number of thiazole rings is 1. The second-order valence-electron chi connectivity index (χ2n) is 3.84. The van der Waals surface area contributed by atoms with E-state index in [-0.39, 0.29) is 5.91 Å². The van der Waals surface area contributed by atoms with Crippen molar-refractivity contribution in [1.29, 1.82) is 0 Å². The highest BCUT2D eigenvalue weighted by atomic mass is 32.1. The Bertz CT molecular complexity index is 659. The monoisotopic (exact) mass is 270 g/mol. The molecule has 0 atom stereocenters. The molecule has 0 unspecified atom stereocenters. The number of imidazole rings is 1. The molecule has 0 radical (unpaired) electrons. The Morgan fingerprint density at radius 3 is 2.74 bits per heavy atom. The Hall–Kier alpha value is -2.47. The largest absolute Gasteiger partial charge is 0.321 e. The molecular formula is C13H10N4OS. The molecule has 5 nitrogen and oxygen atoms in total. The Morgan fingerprint density at radius 2 is 2.11 bits per heavy atom. The molecule has 19 heavy (non-hydrogen) atoms. The van der Waals surface area contributed by atoms with Crippen molar-refractivity contribution < 1.29 is 4.79 Å². The molecule has 2 heterocycles. The van der Waals surface area contributed by atoms with Crippen LogP contribution in [0.1, 0.15) is 10.5 Å². The minimum atomic E-state index is -0.198. The van der Waals surface area contributed by atoms with Gasteiger partial charge in [-0.2, -0.15) is 0 Å². The van der Waals surface area contributed by atoms with Gasteiger partial charge in [0.1, 0.15) is 5.69 Å². The van der Waals surface area contributed by atoms with E-state index in [2.05, 4.69) is 15.3 Å². The van der Waals surface area contributed by atoms with Crippen LogP contribution in [0.2, 0.25) is 0 Å². The first-order chi connectivity index (χ1) is 9.33. The molecule has 0 spiro atoms. The Kier molecular flexibility index (Phi) is 3.07. The maximum Gasteiger partial charge on any atom is 0.275 e. The van der Waals surface area contributed by atoms with Crippen molar-refractivity contribution >= 4 is 22.9 Å². The molecule has 0 bridgehead atoms. The van der Waals surface area contributed by atoms with E-state index in [1.807, 2.05) is 35.0 Å². The summed E-state index contributed by atoms with van der Waals surface area (Å²) < 4.78 is 1.89. The molecule has 94 valence electrons. The zero-order chi connectivity index (χ0) is 13.1. The first-order valence-corrected chi connectivity index (χ1v) is 6.55. The van der Waals surface area contributed by atoms with Crippen LogP contribution < -0.4 is 5.32 Å². The molecule has 1 amide bonds. The Labute approximate surface area is 113 Å². The Balaban J connectivity index is 1.75. The van der Waals surface area contributed by atoms with Crippen molar-refractivity contribution in [3.8, 4) is 5.69 Å². The lowest BCUT2D eigenvalue weighted by Gasteiger charge is -2.05. The van der Waals surface area contributed by atoms with Gasteiger partial charge >= 0.3 is 0 Å². The predicted molar refractivity (Wildman–Crippen MR) is 73.6 cm³/mol. The molecule has 0 fully saturated rings. The highest BCUT2D eigenvalue weighted by Gasteiger charge is 2.07. The van der Waals surface area contributed by atoms with Gasteiger partial charge in [-0.1, -0.05) is 0 Å². The summed E-state index contributed by atoms with van der Waals surface area (Å²) in [6.45, 7) is 0. The molecular weight excluding hydrogens is 260 g/mol. The fraction of sp³-hybridized carbons (Fsp3) is 0. The van der Waals surface area contributed by atoms with Gasteiger partial charge in [-0.3, -0.25) is 4.79 Å². The number of carbonyl (C=O) groups excluding carboxylic acids is 1. The van der Waals surface area contributed by atoms with E-state index < -0.39 is 0 Å². The van der Waals surface area contributed by atoms with Gasteiger partial charge in [0, 0.05) is 29.1 Å². The van der Waals surface area contributed by atoms with E-state index >= 15 is 0 Å². The summed E-state index contributed by atoms with van der Waals surface area (Å²) in [7, 11) is 0. The molecule has 3 aromatic rings. The van der Waals surface area contributed by atoms with Crippen LogP contribution in [0.4, 0.5) is 5.69 Å². The quantitative estimate of drug-likeness (QED) is 0.795. The smallest absolute Gasteiger partial charge is 0.275 e. The first kappa shape index (κ1) is 11.6. The standard InChI is InChI=1S/C13H10N4OS/c18-13(12-7-19-9-15-12)16-10-1-3-11(4-2-10)17-6-5-14-8-17/h1-9H,(H,16,18). The maximum atomic E-state index is 11.8. The highest BCUT2D eigenvalue weighted by Crippen LogP contribution is 2.14. The van der Waals surface area contributed by atoms with Gasteiger partial charge in [0.2, 0.25) is 0 Å². The van der Waals surface area contributed by atoms with Crippen molar-refractivity contribution in [3.63, 3.8) is 0 Å². The average Bonchev–Trinajstić information content (AvgIpc) is 3.13. The van der Waals surface area contributed by atoms with Crippen LogP contribution in [0.25, 0.3) is 5.69 Å². The number of nitrogens with one attached hydrogen (secondary N) is 1. The van der Waals surface area contributed by atoms with Crippen molar-refractivity contribution in [1.82, 2.24) is 14.5 Å². The molecule has 3 rings (SSSR count). The summed E-state index contributed by atoms with van der Waals surface area (Å²) in [5, 5.41) is 4.51. The van der Waals surface area contributed by atoms with E-state index in [1.54, 1.807) is 23.4 Å². The van der Waals surface area contributed by atoms with Crippen LogP contribution in [-0.4, -0.2) is 20.4 Å². The molecule has 0 aliphatic heterocycles. The second kappa shape index (κ2) is 5.03. The van der Waals surface area contributed by atoms with Crippen LogP contribution in [0.3, 0.4) is 0 Å². The molecule has 6 heteroatoms. The number of hydrogen-bond donors (Lipinski definition) is 1. The summed E-state index contributed by atoms with van der Waals surface area (Å²) in [4.78, 5) is 19.8. The topological polar surface area (TPSA) is 59.8 Å².